The van der Waals surface area contributed by atoms with Crippen LogP contribution in [-0.4, -0.2) is 61.6 Å². The molecule has 1 atom stereocenters. The molecule has 0 spiro atoms. The minimum Gasteiger partial charge on any atom is -0.370 e. The van der Waals surface area contributed by atoms with Crippen LogP contribution >= 0.6 is 24.0 Å². The Kier molecular flexibility index (Phi) is 10.3. The number of hydrogen-bond acceptors (Lipinski definition) is 3. The maximum Gasteiger partial charge on any atom is 0.188 e. The lowest BCUT2D eigenvalue weighted by Gasteiger charge is -2.21. The minimum atomic E-state index is 0. The Bertz CT molecular complexity index is 480. The van der Waals surface area contributed by atoms with Crippen LogP contribution in [0.25, 0.3) is 0 Å². The Labute approximate surface area is 163 Å². The van der Waals surface area contributed by atoms with Crippen molar-refractivity contribution >= 4 is 29.9 Å². The van der Waals surface area contributed by atoms with Crippen LogP contribution in [0.4, 0.5) is 0 Å². The van der Waals surface area contributed by atoms with Crippen molar-refractivity contribution in [3.05, 3.63) is 35.9 Å². The van der Waals surface area contributed by atoms with Crippen molar-refractivity contribution in [3.63, 3.8) is 0 Å². The van der Waals surface area contributed by atoms with E-state index < -0.39 is 0 Å². The van der Waals surface area contributed by atoms with E-state index in [0.717, 1.165) is 32.7 Å². The van der Waals surface area contributed by atoms with E-state index in [1.54, 1.807) is 0 Å². The molecule has 1 aromatic carbocycles. The van der Waals surface area contributed by atoms with Gasteiger partial charge in [-0.15, -0.1) is 24.0 Å². The lowest BCUT2D eigenvalue weighted by Crippen LogP contribution is -2.38. The summed E-state index contributed by atoms with van der Waals surface area (Å²) in [5.41, 5.74) is 7.31. The zero-order valence-corrected chi connectivity index (χ0v) is 17.3. The predicted octanol–water partition coefficient (Wildman–Crippen LogP) is 2.13. The maximum atomic E-state index is 5.98. The van der Waals surface area contributed by atoms with Crippen LogP contribution in [0.3, 0.4) is 0 Å². The Morgan fingerprint density at radius 1 is 1.38 bits per heavy atom. The summed E-state index contributed by atoms with van der Waals surface area (Å²) < 4.78 is 0. The van der Waals surface area contributed by atoms with Crippen molar-refractivity contribution in [1.29, 1.82) is 0 Å². The molecule has 6 heteroatoms. The number of likely N-dealkylation sites (tertiary alicyclic amines) is 1. The number of hydrogen-bond donors (Lipinski definition) is 2. The number of aliphatic imine (C=N–C) groups is 1. The fourth-order valence-corrected chi connectivity index (χ4v) is 3.13. The van der Waals surface area contributed by atoms with Crippen molar-refractivity contribution in [2.24, 2.45) is 10.7 Å². The number of nitrogens with zero attached hydrogens (tertiary/aromatic N) is 3. The van der Waals surface area contributed by atoms with E-state index in [4.69, 9.17) is 5.73 Å². The molecular formula is C18H32IN5. The maximum absolute atomic E-state index is 5.98. The van der Waals surface area contributed by atoms with Crippen molar-refractivity contribution in [1.82, 2.24) is 15.1 Å². The Morgan fingerprint density at radius 2 is 2.12 bits per heavy atom. The molecule has 0 amide bonds. The van der Waals surface area contributed by atoms with Gasteiger partial charge in [0, 0.05) is 25.7 Å². The number of benzene rings is 1. The highest BCUT2D eigenvalue weighted by atomic mass is 127. The Balaban J connectivity index is 0.00000288. The number of rotatable bonds is 8. The van der Waals surface area contributed by atoms with E-state index in [9.17, 15) is 0 Å². The molecule has 0 bridgehead atoms. The lowest BCUT2D eigenvalue weighted by atomic mass is 10.2. The van der Waals surface area contributed by atoms with Gasteiger partial charge in [0.25, 0.3) is 0 Å². The average Bonchev–Trinajstić information content (AvgIpc) is 3.01. The average molecular weight is 445 g/mol. The number of guanidine groups is 1. The summed E-state index contributed by atoms with van der Waals surface area (Å²) in [5.74, 6) is 0.570. The molecule has 1 aliphatic heterocycles. The van der Waals surface area contributed by atoms with E-state index in [1.165, 1.54) is 24.9 Å². The third-order valence-electron chi connectivity index (χ3n) is 4.47. The summed E-state index contributed by atoms with van der Waals surface area (Å²) in [4.78, 5) is 9.28. The third-order valence-corrected chi connectivity index (χ3v) is 4.47. The molecule has 2 rings (SSSR count). The molecule has 3 N–H and O–H groups in total. The van der Waals surface area contributed by atoms with Gasteiger partial charge < -0.3 is 16.0 Å². The second-order valence-corrected chi connectivity index (χ2v) is 6.30. The molecular weight excluding hydrogens is 413 g/mol. The summed E-state index contributed by atoms with van der Waals surface area (Å²) >= 11 is 0. The highest BCUT2D eigenvalue weighted by Crippen LogP contribution is 2.16. The molecule has 1 unspecified atom stereocenters. The van der Waals surface area contributed by atoms with Crippen molar-refractivity contribution in [2.45, 2.75) is 32.4 Å². The normalized spacial score (nSPS) is 18.6. The molecule has 1 aromatic rings. The van der Waals surface area contributed by atoms with Gasteiger partial charge in [-0.05, 0) is 38.5 Å². The van der Waals surface area contributed by atoms with Crippen LogP contribution in [0.15, 0.2) is 35.3 Å². The van der Waals surface area contributed by atoms with Crippen molar-refractivity contribution in [3.8, 4) is 0 Å². The van der Waals surface area contributed by atoms with Crippen LogP contribution < -0.4 is 11.1 Å². The zero-order valence-electron chi connectivity index (χ0n) is 14.9. The number of nitrogens with one attached hydrogen (secondary N) is 1. The number of likely N-dealkylation sites (N-methyl/N-ethyl adjacent to an activating group) is 2. The molecule has 0 saturated carbocycles. The fourth-order valence-electron chi connectivity index (χ4n) is 3.13. The van der Waals surface area contributed by atoms with Gasteiger partial charge in [-0.2, -0.15) is 0 Å². The highest BCUT2D eigenvalue weighted by molar-refractivity contribution is 14.0. The number of halogens is 1. The van der Waals surface area contributed by atoms with E-state index in [1.807, 2.05) is 6.07 Å². The largest absolute Gasteiger partial charge is 0.370 e. The van der Waals surface area contributed by atoms with Crippen LogP contribution in [0.5, 0.6) is 0 Å². The molecule has 1 saturated heterocycles. The SMILES string of the molecule is CCN1CCCC1CN=C(N)NCCN(C)Cc1ccccc1.I. The highest BCUT2D eigenvalue weighted by Gasteiger charge is 2.22. The van der Waals surface area contributed by atoms with E-state index in [0.29, 0.717) is 12.0 Å². The summed E-state index contributed by atoms with van der Waals surface area (Å²) in [6.45, 7) is 8.05. The molecule has 0 radical (unpaired) electrons. The monoisotopic (exact) mass is 445 g/mol. The topological polar surface area (TPSA) is 56.9 Å². The van der Waals surface area contributed by atoms with Gasteiger partial charge in [-0.1, -0.05) is 37.3 Å². The predicted molar refractivity (Wildman–Crippen MR) is 113 cm³/mol. The fraction of sp³-hybridized carbons (Fsp3) is 0.611. The summed E-state index contributed by atoms with van der Waals surface area (Å²) in [6.07, 6.45) is 2.52. The van der Waals surface area contributed by atoms with Gasteiger partial charge in [0.1, 0.15) is 0 Å². The molecule has 1 aliphatic rings. The lowest BCUT2D eigenvalue weighted by molar-refractivity contribution is 0.273. The first-order valence-electron chi connectivity index (χ1n) is 8.69. The number of nitrogens with two attached hydrogens (primary N) is 1. The van der Waals surface area contributed by atoms with Crippen LogP contribution in [0.2, 0.25) is 0 Å². The molecule has 0 aromatic heterocycles. The van der Waals surface area contributed by atoms with Crippen molar-refractivity contribution in [2.75, 3.05) is 39.8 Å². The first kappa shape index (κ1) is 21.2. The second-order valence-electron chi connectivity index (χ2n) is 6.30. The van der Waals surface area contributed by atoms with E-state index in [-0.39, 0.29) is 24.0 Å². The van der Waals surface area contributed by atoms with E-state index >= 15 is 0 Å². The smallest absolute Gasteiger partial charge is 0.188 e. The molecule has 24 heavy (non-hydrogen) atoms. The molecule has 5 nitrogen and oxygen atoms in total. The first-order valence-corrected chi connectivity index (χ1v) is 8.69. The summed E-state index contributed by atoms with van der Waals surface area (Å²) in [6, 6.07) is 11.1. The first-order chi connectivity index (χ1) is 11.2. The van der Waals surface area contributed by atoms with Gasteiger partial charge in [0.15, 0.2) is 5.96 Å². The Morgan fingerprint density at radius 3 is 2.83 bits per heavy atom. The van der Waals surface area contributed by atoms with Crippen molar-refractivity contribution < 1.29 is 0 Å². The summed E-state index contributed by atoms with van der Waals surface area (Å²) in [7, 11) is 2.12. The van der Waals surface area contributed by atoms with Gasteiger partial charge in [0.05, 0.1) is 6.54 Å². The van der Waals surface area contributed by atoms with Gasteiger partial charge >= 0.3 is 0 Å². The second kappa shape index (κ2) is 11.7. The van der Waals surface area contributed by atoms with Crippen LogP contribution in [-0.2, 0) is 6.54 Å². The van der Waals surface area contributed by atoms with E-state index in [2.05, 4.69) is 58.3 Å². The van der Waals surface area contributed by atoms with Crippen LogP contribution in [0, 0.1) is 0 Å². The summed E-state index contributed by atoms with van der Waals surface area (Å²) in [5, 5.41) is 3.22. The van der Waals surface area contributed by atoms with Gasteiger partial charge in [-0.25, -0.2) is 0 Å². The zero-order chi connectivity index (χ0) is 16.5. The van der Waals surface area contributed by atoms with Gasteiger partial charge in [-0.3, -0.25) is 9.89 Å². The molecule has 136 valence electrons. The molecule has 1 fully saturated rings. The van der Waals surface area contributed by atoms with Gasteiger partial charge in [0.2, 0.25) is 0 Å². The standard InChI is InChI=1S/C18H31N5.HI/c1-3-23-12-7-10-17(23)14-21-18(19)20-11-13-22(2)15-16-8-5-4-6-9-16;/h4-6,8-9,17H,3,7,10-15H2,1-2H3,(H3,19,20,21);1H. The Hall–Kier alpha value is -0.860. The quantitative estimate of drug-likeness (QED) is 0.366. The molecule has 1 heterocycles. The minimum absolute atomic E-state index is 0. The molecule has 0 aliphatic carbocycles. The van der Waals surface area contributed by atoms with Crippen LogP contribution in [0.1, 0.15) is 25.3 Å². The third kappa shape index (κ3) is 7.36.